The van der Waals surface area contributed by atoms with Crippen LogP contribution in [0.4, 0.5) is 0 Å². The van der Waals surface area contributed by atoms with E-state index in [0.29, 0.717) is 13.1 Å². The fraction of sp³-hybridized carbons (Fsp3) is 0.429. The molecule has 0 unspecified atom stereocenters. The van der Waals surface area contributed by atoms with E-state index in [1.807, 2.05) is 0 Å². The van der Waals surface area contributed by atoms with Gasteiger partial charge in [-0.3, -0.25) is 4.79 Å². The minimum atomic E-state index is -3.64. The van der Waals surface area contributed by atoms with Crippen molar-refractivity contribution < 1.29 is 27.9 Å². The second-order valence-electron chi connectivity index (χ2n) is 5.06. The number of rotatable bonds is 5. The molecule has 1 saturated heterocycles. The first-order chi connectivity index (χ1) is 10.8. The van der Waals surface area contributed by atoms with Crippen molar-refractivity contribution in [2.75, 3.05) is 32.8 Å². The minimum Gasteiger partial charge on any atom is -0.482 e. The largest absolute Gasteiger partial charge is 0.482 e. The molecule has 1 aliphatic heterocycles. The second-order valence-corrected chi connectivity index (χ2v) is 7.00. The molecule has 9 heteroatoms. The minimum absolute atomic E-state index is 0.0676. The molecule has 1 amide bonds. The molecule has 0 saturated carbocycles. The van der Waals surface area contributed by atoms with E-state index in [1.165, 1.54) is 35.5 Å². The van der Waals surface area contributed by atoms with Crippen molar-refractivity contribution in [3.63, 3.8) is 0 Å². The van der Waals surface area contributed by atoms with Crippen molar-refractivity contribution in [1.82, 2.24) is 9.21 Å². The number of aliphatic carboxylic acids is 1. The Morgan fingerprint density at radius 3 is 2.17 bits per heavy atom. The van der Waals surface area contributed by atoms with E-state index in [9.17, 15) is 18.0 Å². The van der Waals surface area contributed by atoms with Crippen molar-refractivity contribution in [2.24, 2.45) is 0 Å². The monoisotopic (exact) mass is 342 g/mol. The topological polar surface area (TPSA) is 104 Å². The van der Waals surface area contributed by atoms with Gasteiger partial charge in [-0.2, -0.15) is 4.31 Å². The summed E-state index contributed by atoms with van der Waals surface area (Å²) in [5.41, 5.74) is 0. The summed E-state index contributed by atoms with van der Waals surface area (Å²) < 4.78 is 31.4. The Bertz CT molecular complexity index is 678. The van der Waals surface area contributed by atoms with Crippen LogP contribution in [0.5, 0.6) is 5.75 Å². The van der Waals surface area contributed by atoms with Gasteiger partial charge in [-0.05, 0) is 24.3 Å². The van der Waals surface area contributed by atoms with Gasteiger partial charge in [0.2, 0.25) is 15.9 Å². The van der Waals surface area contributed by atoms with Crippen LogP contribution in [0.1, 0.15) is 6.92 Å². The van der Waals surface area contributed by atoms with Gasteiger partial charge < -0.3 is 14.7 Å². The number of amides is 1. The molecule has 0 bridgehead atoms. The lowest BCUT2D eigenvalue weighted by atomic mass is 10.3. The molecule has 23 heavy (non-hydrogen) atoms. The van der Waals surface area contributed by atoms with Gasteiger partial charge in [0.25, 0.3) is 0 Å². The van der Waals surface area contributed by atoms with Crippen molar-refractivity contribution in [1.29, 1.82) is 0 Å². The van der Waals surface area contributed by atoms with Crippen LogP contribution >= 0.6 is 0 Å². The predicted molar refractivity (Wildman–Crippen MR) is 80.6 cm³/mol. The highest BCUT2D eigenvalue weighted by Gasteiger charge is 2.29. The van der Waals surface area contributed by atoms with Crippen LogP contribution in [0, 0.1) is 0 Å². The zero-order valence-electron chi connectivity index (χ0n) is 12.6. The summed E-state index contributed by atoms with van der Waals surface area (Å²) in [6.45, 7) is 2.21. The normalized spacial score (nSPS) is 16.1. The fourth-order valence-electron chi connectivity index (χ4n) is 2.25. The Hall–Kier alpha value is -2.13. The van der Waals surface area contributed by atoms with Gasteiger partial charge in [0.1, 0.15) is 5.75 Å². The van der Waals surface area contributed by atoms with E-state index in [2.05, 4.69) is 0 Å². The summed E-state index contributed by atoms with van der Waals surface area (Å²) in [6, 6.07) is 5.59. The van der Waals surface area contributed by atoms with Crippen LogP contribution in [0.25, 0.3) is 0 Å². The van der Waals surface area contributed by atoms with Gasteiger partial charge >= 0.3 is 5.97 Å². The average Bonchev–Trinajstić information content (AvgIpc) is 2.53. The molecule has 1 heterocycles. The molecule has 0 atom stereocenters. The quantitative estimate of drug-likeness (QED) is 0.808. The molecular formula is C14H18N2O6S. The molecule has 1 aromatic carbocycles. The highest BCUT2D eigenvalue weighted by Crippen LogP contribution is 2.20. The summed E-state index contributed by atoms with van der Waals surface area (Å²) in [4.78, 5) is 23.4. The first-order valence-corrected chi connectivity index (χ1v) is 8.45. The van der Waals surface area contributed by atoms with Crippen molar-refractivity contribution in [3.05, 3.63) is 24.3 Å². The van der Waals surface area contributed by atoms with Crippen LogP contribution < -0.4 is 4.74 Å². The number of carboxylic acid groups (broad SMARTS) is 1. The molecule has 8 nitrogen and oxygen atoms in total. The van der Waals surface area contributed by atoms with E-state index in [-0.39, 0.29) is 29.6 Å². The zero-order valence-corrected chi connectivity index (χ0v) is 13.5. The molecule has 0 spiro atoms. The van der Waals surface area contributed by atoms with E-state index >= 15 is 0 Å². The number of nitrogens with zero attached hydrogens (tertiary/aromatic N) is 2. The van der Waals surface area contributed by atoms with Gasteiger partial charge in [0, 0.05) is 33.1 Å². The predicted octanol–water partition coefficient (Wildman–Crippen LogP) is 0.00280. The standard InChI is InChI=1S/C14H18N2O6S/c1-11(17)15-6-8-16(9-7-15)23(20,21)13-4-2-12(3-5-13)22-10-14(18)19/h2-5H,6-10H2,1H3,(H,18,19). The van der Waals surface area contributed by atoms with Crippen LogP contribution in [-0.2, 0) is 19.6 Å². The number of carbonyl (C=O) groups is 2. The van der Waals surface area contributed by atoms with Gasteiger partial charge in [0.15, 0.2) is 6.61 Å². The summed E-state index contributed by atoms with van der Waals surface area (Å²) in [7, 11) is -3.64. The Morgan fingerprint density at radius 2 is 1.70 bits per heavy atom. The van der Waals surface area contributed by atoms with Crippen LogP contribution in [0.15, 0.2) is 29.2 Å². The average molecular weight is 342 g/mol. The molecule has 2 rings (SSSR count). The van der Waals surface area contributed by atoms with Gasteiger partial charge in [-0.15, -0.1) is 0 Å². The number of sulfonamides is 1. The molecule has 0 aliphatic carbocycles. The number of hydrogen-bond donors (Lipinski definition) is 1. The van der Waals surface area contributed by atoms with Gasteiger partial charge in [0.05, 0.1) is 4.90 Å². The van der Waals surface area contributed by atoms with Crippen LogP contribution in [-0.4, -0.2) is 67.4 Å². The van der Waals surface area contributed by atoms with Crippen LogP contribution in [0.3, 0.4) is 0 Å². The number of carbonyl (C=O) groups excluding carboxylic acids is 1. The molecule has 0 radical (unpaired) electrons. The Labute approximate surface area is 134 Å². The number of carboxylic acids is 1. The van der Waals surface area contributed by atoms with Crippen LogP contribution in [0.2, 0.25) is 0 Å². The molecule has 0 aromatic heterocycles. The maximum Gasteiger partial charge on any atom is 0.341 e. The maximum absolute atomic E-state index is 12.5. The third kappa shape index (κ3) is 4.20. The summed E-state index contributed by atoms with van der Waals surface area (Å²) in [6.07, 6.45) is 0. The van der Waals surface area contributed by atoms with Crippen molar-refractivity contribution in [2.45, 2.75) is 11.8 Å². The highest BCUT2D eigenvalue weighted by molar-refractivity contribution is 7.89. The Kier molecular flexibility index (Phi) is 5.22. The lowest BCUT2D eigenvalue weighted by molar-refractivity contribution is -0.139. The number of piperazine rings is 1. The fourth-order valence-corrected chi connectivity index (χ4v) is 3.67. The number of hydrogen-bond acceptors (Lipinski definition) is 5. The smallest absolute Gasteiger partial charge is 0.341 e. The molecular weight excluding hydrogens is 324 g/mol. The molecule has 1 fully saturated rings. The Morgan fingerprint density at radius 1 is 1.13 bits per heavy atom. The number of ether oxygens (including phenoxy) is 1. The summed E-state index contributed by atoms with van der Waals surface area (Å²) in [5, 5.41) is 8.53. The van der Waals surface area contributed by atoms with E-state index in [4.69, 9.17) is 9.84 Å². The molecule has 126 valence electrons. The van der Waals surface area contributed by atoms with E-state index < -0.39 is 22.6 Å². The first-order valence-electron chi connectivity index (χ1n) is 7.01. The SMILES string of the molecule is CC(=O)N1CCN(S(=O)(=O)c2ccc(OCC(=O)O)cc2)CC1. The lowest BCUT2D eigenvalue weighted by Gasteiger charge is -2.33. The third-order valence-corrected chi connectivity index (χ3v) is 5.42. The zero-order chi connectivity index (χ0) is 17.0. The number of benzene rings is 1. The molecule has 1 aliphatic rings. The van der Waals surface area contributed by atoms with Crippen molar-refractivity contribution in [3.8, 4) is 5.75 Å². The first kappa shape index (κ1) is 17.2. The summed E-state index contributed by atoms with van der Waals surface area (Å²) >= 11 is 0. The second kappa shape index (κ2) is 6.97. The lowest BCUT2D eigenvalue weighted by Crippen LogP contribution is -2.49. The highest BCUT2D eigenvalue weighted by atomic mass is 32.2. The van der Waals surface area contributed by atoms with E-state index in [0.717, 1.165) is 0 Å². The maximum atomic E-state index is 12.5. The Balaban J connectivity index is 2.05. The molecule has 1 N–H and O–H groups in total. The third-order valence-electron chi connectivity index (χ3n) is 3.51. The van der Waals surface area contributed by atoms with E-state index in [1.54, 1.807) is 4.90 Å². The van der Waals surface area contributed by atoms with Gasteiger partial charge in [-0.1, -0.05) is 0 Å². The summed E-state index contributed by atoms with van der Waals surface area (Å²) in [5.74, 6) is -0.889. The molecule has 1 aromatic rings. The van der Waals surface area contributed by atoms with Crippen molar-refractivity contribution >= 4 is 21.9 Å². The van der Waals surface area contributed by atoms with Gasteiger partial charge in [-0.25, -0.2) is 13.2 Å².